The molecule has 21 heavy (non-hydrogen) atoms. The molecule has 6 nitrogen and oxygen atoms in total. The quantitative estimate of drug-likeness (QED) is 0.786. The topological polar surface area (TPSA) is 90.4 Å². The van der Waals surface area contributed by atoms with Crippen molar-refractivity contribution in [1.29, 1.82) is 0 Å². The van der Waals surface area contributed by atoms with E-state index in [0.717, 1.165) is 4.47 Å². The van der Waals surface area contributed by atoms with Gasteiger partial charge >= 0.3 is 0 Å². The number of benzene rings is 1. The highest BCUT2D eigenvalue weighted by Crippen LogP contribution is 2.22. The normalized spacial score (nSPS) is 10.4. The van der Waals surface area contributed by atoms with Crippen molar-refractivity contribution in [2.75, 3.05) is 12.4 Å². The van der Waals surface area contributed by atoms with Crippen LogP contribution in [0.5, 0.6) is 0 Å². The van der Waals surface area contributed by atoms with E-state index in [4.69, 9.17) is 27.2 Å². The fraction of sp³-hybridized carbons (Fsp3) is 0.154. The van der Waals surface area contributed by atoms with Crippen LogP contribution in [0.3, 0.4) is 0 Å². The van der Waals surface area contributed by atoms with Gasteiger partial charge in [-0.2, -0.15) is 0 Å². The van der Waals surface area contributed by atoms with E-state index < -0.39 is 5.91 Å². The molecule has 0 fully saturated rings. The predicted molar refractivity (Wildman–Crippen MR) is 85.2 cm³/mol. The second-order valence-corrected chi connectivity index (χ2v) is 5.48. The van der Waals surface area contributed by atoms with Crippen molar-refractivity contribution in [2.24, 2.45) is 5.73 Å². The third-order valence-electron chi connectivity index (χ3n) is 2.57. The number of nitrogens with one attached hydrogen (secondary N) is 1. The number of ether oxygens (including phenoxy) is 1. The van der Waals surface area contributed by atoms with Crippen LogP contribution in [0.25, 0.3) is 0 Å². The molecular weight excluding hydrogens is 358 g/mol. The molecule has 2 aromatic rings. The second-order valence-electron chi connectivity index (χ2n) is 4.12. The van der Waals surface area contributed by atoms with Gasteiger partial charge in [-0.25, -0.2) is 0 Å². The van der Waals surface area contributed by atoms with Gasteiger partial charge in [0.2, 0.25) is 0 Å². The first-order valence-electron chi connectivity index (χ1n) is 5.86. The average molecular weight is 370 g/mol. The summed E-state index contributed by atoms with van der Waals surface area (Å²) in [4.78, 5) is 12.3. The molecule has 3 N–H and O–H groups in total. The number of methoxy groups -OCH3 is 1. The number of anilines is 1. The first-order valence-corrected chi connectivity index (χ1v) is 7.06. The second kappa shape index (κ2) is 6.79. The zero-order chi connectivity index (χ0) is 15.4. The Balaban J connectivity index is 2.22. The van der Waals surface area contributed by atoms with E-state index in [1.54, 1.807) is 18.2 Å². The third-order valence-corrected chi connectivity index (χ3v) is 3.29. The van der Waals surface area contributed by atoms with E-state index in [1.165, 1.54) is 13.2 Å². The molecule has 0 saturated carbocycles. The van der Waals surface area contributed by atoms with Gasteiger partial charge in [-0.3, -0.25) is 4.79 Å². The Labute approximate surface area is 134 Å². The maximum Gasteiger partial charge on any atom is 0.277 e. The molecule has 1 heterocycles. The molecule has 2 rings (SSSR count). The van der Waals surface area contributed by atoms with Gasteiger partial charge in [-0.05, 0) is 18.2 Å². The summed E-state index contributed by atoms with van der Waals surface area (Å²) in [6.07, 6.45) is 0. The Morgan fingerprint density at radius 3 is 2.95 bits per heavy atom. The van der Waals surface area contributed by atoms with Gasteiger partial charge in [0.15, 0.2) is 11.5 Å². The van der Waals surface area contributed by atoms with E-state index in [1.807, 2.05) is 0 Å². The monoisotopic (exact) mass is 369 g/mol. The van der Waals surface area contributed by atoms with Crippen molar-refractivity contribution in [3.05, 3.63) is 45.8 Å². The lowest BCUT2D eigenvalue weighted by Crippen LogP contribution is -2.17. The minimum absolute atomic E-state index is 0.149. The standard InChI is InChI=1S/C13H12BrN3O3S/c1-19-6-8-5-11(17-20-8)13(18)16-10-4-7(14)2-3-9(10)12(15)21/h2-5H,6H2,1H3,(H2,15,21)(H,16,18). The minimum Gasteiger partial charge on any atom is -0.389 e. The smallest absolute Gasteiger partial charge is 0.277 e. The highest BCUT2D eigenvalue weighted by Gasteiger charge is 2.15. The predicted octanol–water partition coefficient (Wildman–Crippen LogP) is 2.47. The van der Waals surface area contributed by atoms with Gasteiger partial charge in [0.1, 0.15) is 11.6 Å². The number of rotatable bonds is 5. The van der Waals surface area contributed by atoms with Crippen molar-refractivity contribution in [3.63, 3.8) is 0 Å². The van der Waals surface area contributed by atoms with Crippen molar-refractivity contribution in [1.82, 2.24) is 5.16 Å². The Kier molecular flexibility index (Phi) is 5.05. The number of thiocarbonyl (C=S) groups is 1. The number of halogens is 1. The van der Waals surface area contributed by atoms with E-state index in [-0.39, 0.29) is 17.3 Å². The van der Waals surface area contributed by atoms with E-state index >= 15 is 0 Å². The minimum atomic E-state index is -0.420. The molecule has 1 aromatic carbocycles. The highest BCUT2D eigenvalue weighted by molar-refractivity contribution is 9.10. The van der Waals surface area contributed by atoms with E-state index in [9.17, 15) is 4.79 Å². The van der Waals surface area contributed by atoms with Gasteiger partial charge < -0.3 is 20.3 Å². The lowest BCUT2D eigenvalue weighted by molar-refractivity contribution is 0.101. The molecule has 0 bridgehead atoms. The van der Waals surface area contributed by atoms with Gasteiger partial charge in [0.05, 0.1) is 5.69 Å². The molecule has 8 heteroatoms. The molecule has 0 saturated heterocycles. The van der Waals surface area contributed by atoms with Crippen LogP contribution in [-0.2, 0) is 11.3 Å². The number of aromatic nitrogens is 1. The molecule has 0 aliphatic heterocycles. The highest BCUT2D eigenvalue weighted by atomic mass is 79.9. The third kappa shape index (κ3) is 3.87. The molecule has 1 aromatic heterocycles. The fourth-order valence-corrected chi connectivity index (χ4v) is 2.19. The lowest BCUT2D eigenvalue weighted by Gasteiger charge is -2.09. The number of amides is 1. The molecule has 0 atom stereocenters. The number of nitrogens with zero attached hydrogens (tertiary/aromatic N) is 1. The Morgan fingerprint density at radius 1 is 1.52 bits per heavy atom. The number of nitrogens with two attached hydrogens (primary N) is 1. The van der Waals surface area contributed by atoms with Gasteiger partial charge in [0.25, 0.3) is 5.91 Å². The van der Waals surface area contributed by atoms with E-state index in [0.29, 0.717) is 17.0 Å². The van der Waals surface area contributed by atoms with Crippen molar-refractivity contribution >= 4 is 44.7 Å². The SMILES string of the molecule is COCc1cc(C(=O)Nc2cc(Br)ccc2C(N)=S)no1. The first kappa shape index (κ1) is 15.6. The summed E-state index contributed by atoms with van der Waals surface area (Å²) in [5.74, 6) is 0.0446. The maximum atomic E-state index is 12.1. The Bertz CT molecular complexity index is 687. The molecule has 1 amide bonds. The molecule has 0 aliphatic rings. The van der Waals surface area contributed by atoms with E-state index in [2.05, 4.69) is 26.4 Å². The summed E-state index contributed by atoms with van der Waals surface area (Å²) >= 11 is 8.29. The summed E-state index contributed by atoms with van der Waals surface area (Å²) in [7, 11) is 1.53. The summed E-state index contributed by atoms with van der Waals surface area (Å²) < 4.78 is 10.7. The summed E-state index contributed by atoms with van der Waals surface area (Å²) in [5, 5.41) is 6.39. The first-order chi connectivity index (χ1) is 10.0. The number of hydrogen-bond donors (Lipinski definition) is 2. The molecule has 0 spiro atoms. The molecule has 0 radical (unpaired) electrons. The largest absolute Gasteiger partial charge is 0.389 e. The molecular formula is C13H12BrN3O3S. The van der Waals surface area contributed by atoms with Gasteiger partial charge in [-0.15, -0.1) is 0 Å². The van der Waals surface area contributed by atoms with Crippen LogP contribution in [0.2, 0.25) is 0 Å². The van der Waals surface area contributed by atoms with Crippen LogP contribution >= 0.6 is 28.1 Å². The summed E-state index contributed by atoms with van der Waals surface area (Å²) in [5.41, 5.74) is 6.86. The Hall–Kier alpha value is -1.77. The van der Waals surface area contributed by atoms with Crippen LogP contribution < -0.4 is 11.1 Å². The summed E-state index contributed by atoms with van der Waals surface area (Å²) in [6, 6.07) is 6.73. The van der Waals surface area contributed by atoms with Crippen molar-refractivity contribution < 1.29 is 14.1 Å². The van der Waals surface area contributed by atoms with Crippen LogP contribution in [0, 0.1) is 0 Å². The zero-order valence-corrected chi connectivity index (χ0v) is 13.5. The fourth-order valence-electron chi connectivity index (χ4n) is 1.65. The average Bonchev–Trinajstić information content (AvgIpc) is 2.87. The maximum absolute atomic E-state index is 12.1. The van der Waals surface area contributed by atoms with Crippen molar-refractivity contribution in [2.45, 2.75) is 6.61 Å². The number of carbonyl (C=O) groups excluding carboxylic acids is 1. The van der Waals surface area contributed by atoms with Crippen LogP contribution in [-0.4, -0.2) is 23.2 Å². The molecule has 110 valence electrons. The van der Waals surface area contributed by atoms with Crippen LogP contribution in [0.4, 0.5) is 5.69 Å². The lowest BCUT2D eigenvalue weighted by atomic mass is 10.1. The van der Waals surface area contributed by atoms with Gasteiger partial charge in [-0.1, -0.05) is 33.3 Å². The summed E-state index contributed by atoms with van der Waals surface area (Å²) in [6.45, 7) is 0.245. The van der Waals surface area contributed by atoms with Crippen LogP contribution in [0.15, 0.2) is 33.3 Å². The molecule has 0 unspecified atom stereocenters. The van der Waals surface area contributed by atoms with Crippen LogP contribution in [0.1, 0.15) is 21.8 Å². The van der Waals surface area contributed by atoms with Crippen molar-refractivity contribution in [3.8, 4) is 0 Å². The molecule has 0 aliphatic carbocycles. The zero-order valence-electron chi connectivity index (χ0n) is 11.1. The van der Waals surface area contributed by atoms with Gasteiger partial charge in [0, 0.05) is 23.2 Å². The Morgan fingerprint density at radius 2 is 2.29 bits per heavy atom. The number of hydrogen-bond acceptors (Lipinski definition) is 5. The number of carbonyl (C=O) groups is 1.